The number of aromatic carboxylic acids is 1. The Balaban J connectivity index is 2.29. The number of nitrogens with zero attached hydrogens (tertiary/aromatic N) is 2. The van der Waals surface area contributed by atoms with Gasteiger partial charge in [0, 0.05) is 26.3 Å². The molecule has 2 heterocycles. The highest BCUT2D eigenvalue weighted by molar-refractivity contribution is 7.89. The summed E-state index contributed by atoms with van der Waals surface area (Å²) in [7, 11) is -2.24. The molecule has 8 nitrogen and oxygen atoms in total. The third kappa shape index (κ3) is 2.68. The molecule has 0 spiro atoms. The molecule has 0 aromatic carbocycles. The number of hydrogen-bond acceptors (Lipinski definition) is 4. The quantitative estimate of drug-likeness (QED) is 0.786. The first-order chi connectivity index (χ1) is 9.32. The molecule has 9 heteroatoms. The van der Waals surface area contributed by atoms with E-state index in [4.69, 9.17) is 5.11 Å². The van der Waals surface area contributed by atoms with E-state index in [-0.39, 0.29) is 29.6 Å². The molecule has 1 aliphatic rings. The molecule has 1 amide bonds. The van der Waals surface area contributed by atoms with E-state index < -0.39 is 16.0 Å². The van der Waals surface area contributed by atoms with Gasteiger partial charge in [-0.15, -0.1) is 0 Å². The molecule has 0 radical (unpaired) electrons. The van der Waals surface area contributed by atoms with Crippen LogP contribution in [0.3, 0.4) is 0 Å². The number of aromatic nitrogens is 1. The van der Waals surface area contributed by atoms with Gasteiger partial charge in [0.2, 0.25) is 15.9 Å². The van der Waals surface area contributed by atoms with Crippen molar-refractivity contribution in [3.63, 3.8) is 0 Å². The summed E-state index contributed by atoms with van der Waals surface area (Å²) in [6.07, 6.45) is 1.66. The van der Waals surface area contributed by atoms with Crippen LogP contribution in [0, 0.1) is 0 Å². The lowest BCUT2D eigenvalue weighted by atomic mass is 10.4. The van der Waals surface area contributed by atoms with E-state index in [9.17, 15) is 18.0 Å². The minimum atomic E-state index is -3.86. The summed E-state index contributed by atoms with van der Waals surface area (Å²) in [5, 5.41) is 8.80. The SMILES string of the molecule is CN1CCCN(S(=O)(=O)c2c[nH]c(C(=O)O)c2)CC1=O. The van der Waals surface area contributed by atoms with E-state index >= 15 is 0 Å². The number of nitrogens with one attached hydrogen (secondary N) is 1. The molecule has 110 valence electrons. The predicted octanol–water partition coefficient (Wildman–Crippen LogP) is -0.434. The van der Waals surface area contributed by atoms with Crippen LogP contribution in [-0.4, -0.2) is 66.3 Å². The molecule has 1 aromatic heterocycles. The number of hydrogen-bond donors (Lipinski definition) is 2. The van der Waals surface area contributed by atoms with Crippen LogP contribution in [0.25, 0.3) is 0 Å². The molecule has 0 saturated carbocycles. The summed E-state index contributed by atoms with van der Waals surface area (Å²) in [6.45, 7) is 0.497. The van der Waals surface area contributed by atoms with Crippen molar-refractivity contribution in [2.75, 3.05) is 26.7 Å². The Hall–Kier alpha value is -1.87. The van der Waals surface area contributed by atoms with E-state index in [1.165, 1.54) is 4.90 Å². The first-order valence-corrected chi connectivity index (χ1v) is 7.42. The maximum atomic E-state index is 12.4. The molecule has 2 rings (SSSR count). The Labute approximate surface area is 116 Å². The normalized spacial score (nSPS) is 18.1. The summed E-state index contributed by atoms with van der Waals surface area (Å²) in [5.41, 5.74) is -0.207. The van der Waals surface area contributed by atoms with Gasteiger partial charge in [-0.3, -0.25) is 4.79 Å². The summed E-state index contributed by atoms with van der Waals surface area (Å²) in [6, 6.07) is 1.05. The van der Waals surface area contributed by atoms with Gasteiger partial charge in [-0.1, -0.05) is 0 Å². The average molecular weight is 301 g/mol. The number of sulfonamides is 1. The molecule has 1 aliphatic heterocycles. The summed E-state index contributed by atoms with van der Waals surface area (Å²) in [4.78, 5) is 26.2. The zero-order valence-corrected chi connectivity index (χ0v) is 11.7. The van der Waals surface area contributed by atoms with Crippen LogP contribution in [-0.2, 0) is 14.8 Å². The summed E-state index contributed by atoms with van der Waals surface area (Å²) >= 11 is 0. The van der Waals surface area contributed by atoms with Crippen molar-refractivity contribution >= 4 is 21.9 Å². The highest BCUT2D eigenvalue weighted by Crippen LogP contribution is 2.18. The van der Waals surface area contributed by atoms with Gasteiger partial charge in [-0.05, 0) is 12.5 Å². The molecule has 2 N–H and O–H groups in total. The van der Waals surface area contributed by atoms with Crippen molar-refractivity contribution in [1.29, 1.82) is 0 Å². The summed E-state index contributed by atoms with van der Waals surface area (Å²) < 4.78 is 25.8. The van der Waals surface area contributed by atoms with Crippen molar-refractivity contribution in [1.82, 2.24) is 14.2 Å². The maximum Gasteiger partial charge on any atom is 0.352 e. The van der Waals surface area contributed by atoms with Gasteiger partial charge in [-0.2, -0.15) is 4.31 Å². The third-order valence-corrected chi connectivity index (χ3v) is 4.99. The lowest BCUT2D eigenvalue weighted by molar-refractivity contribution is -0.129. The first-order valence-electron chi connectivity index (χ1n) is 5.98. The fraction of sp³-hybridized carbons (Fsp3) is 0.455. The molecule has 0 atom stereocenters. The highest BCUT2D eigenvalue weighted by atomic mass is 32.2. The van der Waals surface area contributed by atoms with Crippen LogP contribution < -0.4 is 0 Å². The molecular weight excluding hydrogens is 286 g/mol. The van der Waals surface area contributed by atoms with E-state index in [0.717, 1.165) is 16.6 Å². The van der Waals surface area contributed by atoms with Gasteiger partial charge in [0.05, 0.1) is 6.54 Å². The largest absolute Gasteiger partial charge is 0.477 e. The number of rotatable bonds is 3. The second-order valence-electron chi connectivity index (χ2n) is 4.56. The Morgan fingerprint density at radius 1 is 1.40 bits per heavy atom. The molecule has 0 aliphatic carbocycles. The molecule has 20 heavy (non-hydrogen) atoms. The molecular formula is C11H15N3O5S. The van der Waals surface area contributed by atoms with Crippen molar-refractivity contribution in [3.8, 4) is 0 Å². The average Bonchev–Trinajstić information content (AvgIpc) is 2.81. The number of carboxylic acids is 1. The van der Waals surface area contributed by atoms with E-state index in [1.54, 1.807) is 7.05 Å². The van der Waals surface area contributed by atoms with Gasteiger partial charge >= 0.3 is 5.97 Å². The van der Waals surface area contributed by atoms with Crippen LogP contribution in [0.5, 0.6) is 0 Å². The lowest BCUT2D eigenvalue weighted by Crippen LogP contribution is -2.37. The van der Waals surface area contributed by atoms with Crippen molar-refractivity contribution in [2.24, 2.45) is 0 Å². The number of amides is 1. The second kappa shape index (κ2) is 5.25. The van der Waals surface area contributed by atoms with Gasteiger partial charge in [0.25, 0.3) is 0 Å². The van der Waals surface area contributed by atoms with Crippen LogP contribution in [0.2, 0.25) is 0 Å². The number of carbonyl (C=O) groups excluding carboxylic acids is 1. The Bertz CT molecular complexity index is 636. The highest BCUT2D eigenvalue weighted by Gasteiger charge is 2.30. The maximum absolute atomic E-state index is 12.4. The van der Waals surface area contributed by atoms with Gasteiger partial charge in [0.1, 0.15) is 10.6 Å². The van der Waals surface area contributed by atoms with E-state index in [2.05, 4.69) is 4.98 Å². The van der Waals surface area contributed by atoms with Crippen LogP contribution in [0.1, 0.15) is 16.9 Å². The minimum Gasteiger partial charge on any atom is -0.477 e. The van der Waals surface area contributed by atoms with Crippen molar-refractivity contribution < 1.29 is 23.1 Å². The van der Waals surface area contributed by atoms with Crippen molar-refractivity contribution in [2.45, 2.75) is 11.3 Å². The zero-order valence-electron chi connectivity index (χ0n) is 10.9. The van der Waals surface area contributed by atoms with Crippen LogP contribution >= 0.6 is 0 Å². The predicted molar refractivity (Wildman–Crippen MR) is 68.8 cm³/mol. The molecule has 0 bridgehead atoms. The molecule has 1 fully saturated rings. The van der Waals surface area contributed by atoms with Crippen LogP contribution in [0.4, 0.5) is 0 Å². The van der Waals surface area contributed by atoms with E-state index in [0.29, 0.717) is 13.0 Å². The fourth-order valence-corrected chi connectivity index (χ4v) is 3.38. The standard InChI is InChI=1S/C11H15N3O5S/c1-13-3-2-4-14(7-10(13)15)20(18,19)8-5-9(11(16)17)12-6-8/h5-6,12H,2-4,7H2,1H3,(H,16,17). The van der Waals surface area contributed by atoms with Crippen molar-refractivity contribution in [3.05, 3.63) is 18.0 Å². The second-order valence-corrected chi connectivity index (χ2v) is 6.50. The molecule has 1 saturated heterocycles. The van der Waals surface area contributed by atoms with Gasteiger partial charge in [0.15, 0.2) is 0 Å². The minimum absolute atomic E-state index is 0.146. The smallest absolute Gasteiger partial charge is 0.352 e. The summed E-state index contributed by atoms with van der Waals surface area (Å²) in [5.74, 6) is -1.52. The number of aromatic amines is 1. The Kier molecular flexibility index (Phi) is 3.82. The fourth-order valence-electron chi connectivity index (χ4n) is 1.96. The third-order valence-electron chi connectivity index (χ3n) is 3.16. The number of H-pyrrole nitrogens is 1. The van der Waals surface area contributed by atoms with Gasteiger partial charge in [-0.25, -0.2) is 13.2 Å². The topological polar surface area (TPSA) is 111 Å². The lowest BCUT2D eigenvalue weighted by Gasteiger charge is -2.18. The zero-order chi connectivity index (χ0) is 14.9. The molecule has 1 aromatic rings. The Morgan fingerprint density at radius 2 is 2.10 bits per heavy atom. The molecule has 0 unspecified atom stereocenters. The van der Waals surface area contributed by atoms with Gasteiger partial charge < -0.3 is 15.0 Å². The number of carboxylic acid groups (broad SMARTS) is 1. The van der Waals surface area contributed by atoms with E-state index in [1.807, 2.05) is 0 Å². The monoisotopic (exact) mass is 301 g/mol. The Morgan fingerprint density at radius 3 is 2.70 bits per heavy atom. The number of carbonyl (C=O) groups is 2. The first kappa shape index (κ1) is 14.5. The van der Waals surface area contributed by atoms with Crippen LogP contribution in [0.15, 0.2) is 17.2 Å². The number of likely N-dealkylation sites (N-methyl/N-ethyl adjacent to an activating group) is 1.